The van der Waals surface area contributed by atoms with Gasteiger partial charge in [-0.05, 0) is 49.0 Å². The van der Waals surface area contributed by atoms with Gasteiger partial charge in [0.1, 0.15) is 35.2 Å². The summed E-state index contributed by atoms with van der Waals surface area (Å²) in [7, 11) is 4.88. The lowest BCUT2D eigenvalue weighted by molar-refractivity contribution is -0.152. The molecule has 14 heteroatoms. The second-order valence-corrected chi connectivity index (χ2v) is 16.8. The first-order valence-corrected chi connectivity index (χ1v) is 20.5. The van der Waals surface area contributed by atoms with Crippen LogP contribution in [0.3, 0.4) is 0 Å². The molecule has 1 aliphatic heterocycles. The molecule has 2 aromatic rings. The summed E-state index contributed by atoms with van der Waals surface area (Å²) in [6, 6.07) is 4.94. The highest BCUT2D eigenvalue weighted by Crippen LogP contribution is 2.25. The van der Waals surface area contributed by atoms with Crippen LogP contribution in [0.25, 0.3) is 0 Å². The highest BCUT2D eigenvalue weighted by atomic mass is 32.1. The Labute approximate surface area is 331 Å². The minimum atomic E-state index is -1.02. The lowest BCUT2D eigenvalue weighted by Gasteiger charge is -2.37. The lowest BCUT2D eigenvalue weighted by atomic mass is 9.98. The first-order chi connectivity index (χ1) is 26.0. The number of benzene rings is 1. The average Bonchev–Trinajstić information content (AvgIpc) is 3.84. The van der Waals surface area contributed by atoms with Crippen molar-refractivity contribution in [3.63, 3.8) is 0 Å². The van der Waals surface area contributed by atoms with E-state index in [9.17, 15) is 28.8 Å². The fourth-order valence-corrected chi connectivity index (χ4v) is 7.79. The molecule has 1 aromatic carbocycles. The zero-order chi connectivity index (χ0) is 41.0. The second kappa shape index (κ2) is 21.1. The van der Waals surface area contributed by atoms with Crippen LogP contribution in [-0.2, 0) is 41.7 Å². The van der Waals surface area contributed by atoms with E-state index in [0.29, 0.717) is 45.2 Å². The van der Waals surface area contributed by atoms with E-state index in [-0.39, 0.29) is 47.8 Å². The standard InChI is InChI=1S/C41H63N7O6S/c1-11-16-34(49)47(10)36(28(6)7)41(54)48-21-15-19-31(48)39(52)46(9)32(24-29-17-13-12-14-18-29)38(51)43-30(23-26(2)3)37(50)44-35(27(4)5)40(53)45(8)25-33-42-20-22-55-33/h12-14,17-18,20,22,26-28,30-32,35-36H,11,15-16,19,21,23-25H2,1-10H3,(H,43,51)(H,44,50)/t30-,31-,32-,35-,36+/m0/s1. The van der Waals surface area contributed by atoms with Crippen molar-refractivity contribution in [2.75, 3.05) is 27.7 Å². The molecule has 0 spiro atoms. The molecule has 304 valence electrons. The third kappa shape index (κ3) is 12.3. The topological polar surface area (TPSA) is 152 Å². The molecule has 1 aliphatic rings. The molecule has 2 heterocycles. The minimum absolute atomic E-state index is 0.0121. The molecule has 3 rings (SSSR count). The van der Waals surface area contributed by atoms with Gasteiger partial charge in [0.25, 0.3) is 0 Å². The largest absolute Gasteiger partial charge is 0.342 e. The van der Waals surface area contributed by atoms with E-state index in [1.165, 1.54) is 26.0 Å². The molecule has 0 bridgehead atoms. The fourth-order valence-electron chi connectivity index (χ4n) is 7.12. The van der Waals surface area contributed by atoms with Gasteiger partial charge in [-0.15, -0.1) is 11.3 Å². The number of thiazole rings is 1. The van der Waals surface area contributed by atoms with Crippen molar-refractivity contribution in [3.8, 4) is 0 Å². The van der Waals surface area contributed by atoms with Gasteiger partial charge in [-0.25, -0.2) is 4.98 Å². The van der Waals surface area contributed by atoms with Crippen LogP contribution in [0.5, 0.6) is 0 Å². The van der Waals surface area contributed by atoms with E-state index in [2.05, 4.69) is 15.6 Å². The summed E-state index contributed by atoms with van der Waals surface area (Å²) in [6.45, 7) is 14.0. The summed E-state index contributed by atoms with van der Waals surface area (Å²) in [6.07, 6.45) is 4.15. The Hall–Kier alpha value is -4.33. The molecule has 1 saturated heterocycles. The Balaban J connectivity index is 1.88. The van der Waals surface area contributed by atoms with Crippen LogP contribution >= 0.6 is 11.3 Å². The molecular formula is C41H63N7O6S. The van der Waals surface area contributed by atoms with Gasteiger partial charge in [0, 0.05) is 52.1 Å². The predicted octanol–water partition coefficient (Wildman–Crippen LogP) is 4.12. The Morgan fingerprint density at radius 2 is 1.58 bits per heavy atom. The van der Waals surface area contributed by atoms with Crippen molar-refractivity contribution in [1.82, 2.24) is 35.2 Å². The van der Waals surface area contributed by atoms with E-state index in [1.807, 2.05) is 84.2 Å². The number of hydrogen-bond acceptors (Lipinski definition) is 8. The molecule has 0 saturated carbocycles. The highest BCUT2D eigenvalue weighted by molar-refractivity contribution is 7.09. The third-order valence-corrected chi connectivity index (χ3v) is 10.9. The van der Waals surface area contributed by atoms with E-state index < -0.39 is 42.0 Å². The van der Waals surface area contributed by atoms with E-state index in [4.69, 9.17) is 0 Å². The monoisotopic (exact) mass is 781 g/mol. The summed E-state index contributed by atoms with van der Waals surface area (Å²) in [5, 5.41) is 8.48. The van der Waals surface area contributed by atoms with Crippen molar-refractivity contribution in [2.45, 2.75) is 124 Å². The number of aromatic nitrogens is 1. The van der Waals surface area contributed by atoms with Crippen molar-refractivity contribution in [3.05, 3.63) is 52.5 Å². The van der Waals surface area contributed by atoms with Gasteiger partial charge < -0.3 is 30.2 Å². The number of amides is 6. The van der Waals surface area contributed by atoms with Crippen molar-refractivity contribution < 1.29 is 28.8 Å². The van der Waals surface area contributed by atoms with Gasteiger partial charge in [-0.1, -0.05) is 78.8 Å². The Bertz CT molecular complexity index is 1580. The molecule has 0 aliphatic carbocycles. The number of hydrogen-bond donors (Lipinski definition) is 2. The summed E-state index contributed by atoms with van der Waals surface area (Å²) >= 11 is 1.44. The first kappa shape index (κ1) is 45.1. The van der Waals surface area contributed by atoms with Crippen LogP contribution in [0.1, 0.15) is 91.1 Å². The Morgan fingerprint density at radius 3 is 2.15 bits per heavy atom. The zero-order valence-electron chi connectivity index (χ0n) is 34.4. The van der Waals surface area contributed by atoms with Gasteiger partial charge in [-0.2, -0.15) is 0 Å². The van der Waals surface area contributed by atoms with Gasteiger partial charge in [0.05, 0.1) is 6.54 Å². The average molecular weight is 782 g/mol. The molecule has 1 aromatic heterocycles. The van der Waals surface area contributed by atoms with Gasteiger partial charge in [0.2, 0.25) is 35.4 Å². The summed E-state index contributed by atoms with van der Waals surface area (Å²) < 4.78 is 0. The summed E-state index contributed by atoms with van der Waals surface area (Å²) in [4.78, 5) is 93.6. The second-order valence-electron chi connectivity index (χ2n) is 15.8. The van der Waals surface area contributed by atoms with Gasteiger partial charge in [0.15, 0.2) is 0 Å². The minimum Gasteiger partial charge on any atom is -0.342 e. The molecule has 13 nitrogen and oxygen atoms in total. The maximum Gasteiger partial charge on any atom is 0.246 e. The number of likely N-dealkylation sites (N-methyl/N-ethyl adjacent to an activating group) is 3. The fraction of sp³-hybridized carbons (Fsp3) is 0.634. The van der Waals surface area contributed by atoms with Crippen LogP contribution in [0.2, 0.25) is 0 Å². The maximum atomic E-state index is 14.4. The number of nitrogens with zero attached hydrogens (tertiary/aromatic N) is 5. The molecule has 0 radical (unpaired) electrons. The molecule has 1 fully saturated rings. The smallest absolute Gasteiger partial charge is 0.246 e. The van der Waals surface area contributed by atoms with E-state index in [0.717, 1.165) is 10.6 Å². The molecule has 5 atom stereocenters. The number of likely N-dealkylation sites (tertiary alicyclic amines) is 1. The van der Waals surface area contributed by atoms with Crippen molar-refractivity contribution >= 4 is 46.8 Å². The van der Waals surface area contributed by atoms with Gasteiger partial charge in [-0.3, -0.25) is 28.8 Å². The number of rotatable bonds is 19. The molecule has 55 heavy (non-hydrogen) atoms. The summed E-state index contributed by atoms with van der Waals surface area (Å²) in [5.74, 6) is -2.47. The van der Waals surface area contributed by atoms with Crippen molar-refractivity contribution in [1.29, 1.82) is 0 Å². The molecule has 6 amide bonds. The van der Waals surface area contributed by atoms with Gasteiger partial charge >= 0.3 is 0 Å². The number of carbonyl (C=O) groups is 6. The molecular weight excluding hydrogens is 719 g/mol. The van der Waals surface area contributed by atoms with E-state index >= 15 is 0 Å². The lowest BCUT2D eigenvalue weighted by Crippen LogP contribution is -2.60. The van der Waals surface area contributed by atoms with Crippen LogP contribution in [0.4, 0.5) is 0 Å². The van der Waals surface area contributed by atoms with Crippen LogP contribution in [0.15, 0.2) is 41.9 Å². The summed E-state index contributed by atoms with van der Waals surface area (Å²) in [5.41, 5.74) is 0.816. The number of carbonyl (C=O) groups excluding carboxylic acids is 6. The third-order valence-electron chi connectivity index (χ3n) is 10.2. The SMILES string of the molecule is CCCC(=O)N(C)[C@@H](C(=O)N1CCC[C@H]1C(=O)N(C)[C@@H](Cc1ccccc1)C(=O)N[C@@H](CC(C)C)C(=O)N[C@H](C(=O)N(C)Cc1nccs1)C(C)C)C(C)C. The normalized spacial score (nSPS) is 16.4. The molecule has 0 unspecified atom stereocenters. The molecule has 2 N–H and O–H groups in total. The van der Waals surface area contributed by atoms with Crippen LogP contribution < -0.4 is 10.6 Å². The quantitative estimate of drug-likeness (QED) is 0.218. The highest BCUT2D eigenvalue weighted by Gasteiger charge is 2.43. The maximum absolute atomic E-state index is 14.4. The van der Waals surface area contributed by atoms with Crippen LogP contribution in [0, 0.1) is 17.8 Å². The predicted molar refractivity (Wildman–Crippen MR) is 214 cm³/mol. The van der Waals surface area contributed by atoms with Crippen molar-refractivity contribution in [2.24, 2.45) is 17.8 Å². The Kier molecular flexibility index (Phi) is 17.3. The van der Waals surface area contributed by atoms with E-state index in [1.54, 1.807) is 32.2 Å². The Morgan fingerprint density at radius 1 is 0.909 bits per heavy atom. The zero-order valence-corrected chi connectivity index (χ0v) is 35.2. The first-order valence-electron chi connectivity index (χ1n) is 19.6. The number of nitrogens with one attached hydrogen (secondary N) is 2. The van der Waals surface area contributed by atoms with Crippen LogP contribution in [-0.4, -0.2) is 118 Å².